The van der Waals surface area contributed by atoms with Crippen LogP contribution in [0.1, 0.15) is 32.1 Å². The number of carbonyl (C=O) groups is 1. The lowest BCUT2D eigenvalue weighted by molar-refractivity contribution is -0.119. The standard InChI is InChI=1S/C9H19NOS3/c1-14-10-9(11)5-3-2-4-8(13)6-7-12/h8,12-13H,2-7H2,1H3,(H,10,11). The third-order valence-corrected chi connectivity index (χ3v) is 3.08. The van der Waals surface area contributed by atoms with Crippen molar-refractivity contribution in [3.8, 4) is 0 Å². The number of nitrogens with one attached hydrogen (secondary N) is 1. The van der Waals surface area contributed by atoms with Crippen molar-refractivity contribution < 1.29 is 4.79 Å². The zero-order valence-corrected chi connectivity index (χ0v) is 11.1. The van der Waals surface area contributed by atoms with E-state index in [1.54, 1.807) is 0 Å². The average molecular weight is 253 g/mol. The smallest absolute Gasteiger partial charge is 0.229 e. The van der Waals surface area contributed by atoms with Gasteiger partial charge in [-0.3, -0.25) is 4.79 Å². The summed E-state index contributed by atoms with van der Waals surface area (Å²) < 4.78 is 2.71. The maximum atomic E-state index is 11.1. The molecule has 1 atom stereocenters. The van der Waals surface area contributed by atoms with Crippen molar-refractivity contribution in [3.05, 3.63) is 0 Å². The van der Waals surface area contributed by atoms with Gasteiger partial charge in [0.05, 0.1) is 0 Å². The third-order valence-electron chi connectivity index (χ3n) is 1.87. The van der Waals surface area contributed by atoms with E-state index in [0.717, 1.165) is 31.4 Å². The Bertz CT molecular complexity index is 155. The minimum absolute atomic E-state index is 0.127. The molecule has 1 N–H and O–H groups in total. The number of amides is 1. The molecule has 1 amide bonds. The number of thiol groups is 2. The Labute approximate surface area is 102 Å². The van der Waals surface area contributed by atoms with Gasteiger partial charge in [0, 0.05) is 17.9 Å². The van der Waals surface area contributed by atoms with Crippen LogP contribution >= 0.6 is 37.2 Å². The molecule has 0 aliphatic heterocycles. The molecule has 0 saturated carbocycles. The summed E-state index contributed by atoms with van der Waals surface area (Å²) in [4.78, 5) is 11.1. The molecule has 2 nitrogen and oxygen atoms in total. The highest BCUT2D eigenvalue weighted by Gasteiger charge is 2.03. The van der Waals surface area contributed by atoms with Crippen LogP contribution in [0.15, 0.2) is 0 Å². The molecule has 0 heterocycles. The lowest BCUT2D eigenvalue weighted by Crippen LogP contribution is -2.14. The zero-order valence-electron chi connectivity index (χ0n) is 8.53. The number of hydrogen-bond donors (Lipinski definition) is 3. The van der Waals surface area contributed by atoms with Gasteiger partial charge in [-0.05, 0) is 25.0 Å². The Hall–Kier alpha value is 0.520. The van der Waals surface area contributed by atoms with Crippen molar-refractivity contribution in [1.82, 2.24) is 4.72 Å². The monoisotopic (exact) mass is 253 g/mol. The van der Waals surface area contributed by atoms with Gasteiger partial charge in [0.2, 0.25) is 5.91 Å². The lowest BCUT2D eigenvalue weighted by atomic mass is 10.1. The van der Waals surface area contributed by atoms with E-state index in [2.05, 4.69) is 30.0 Å². The molecule has 0 spiro atoms. The molecule has 0 rings (SSSR count). The van der Waals surface area contributed by atoms with Crippen molar-refractivity contribution in [3.63, 3.8) is 0 Å². The van der Waals surface area contributed by atoms with Gasteiger partial charge < -0.3 is 4.72 Å². The summed E-state index contributed by atoms with van der Waals surface area (Å²) in [5, 5.41) is 0.441. The lowest BCUT2D eigenvalue weighted by Gasteiger charge is -2.07. The Morgan fingerprint density at radius 1 is 1.43 bits per heavy atom. The first-order valence-electron chi connectivity index (χ1n) is 4.81. The van der Waals surface area contributed by atoms with Crippen molar-refractivity contribution in [2.45, 2.75) is 37.4 Å². The van der Waals surface area contributed by atoms with E-state index in [-0.39, 0.29) is 5.91 Å². The van der Waals surface area contributed by atoms with Gasteiger partial charge in [-0.2, -0.15) is 25.3 Å². The molecule has 0 radical (unpaired) electrons. The largest absolute Gasteiger partial charge is 0.300 e. The highest BCUT2D eigenvalue weighted by Crippen LogP contribution is 2.12. The van der Waals surface area contributed by atoms with Crippen LogP contribution in [0.3, 0.4) is 0 Å². The summed E-state index contributed by atoms with van der Waals surface area (Å²) in [7, 11) is 0. The predicted octanol–water partition coefficient (Wildman–Crippen LogP) is 2.56. The highest BCUT2D eigenvalue weighted by atomic mass is 32.2. The summed E-state index contributed by atoms with van der Waals surface area (Å²) in [5.74, 6) is 1.02. The highest BCUT2D eigenvalue weighted by molar-refractivity contribution is 7.97. The molecule has 0 aliphatic rings. The van der Waals surface area contributed by atoms with E-state index in [1.807, 2.05) is 6.26 Å². The van der Waals surface area contributed by atoms with Crippen LogP contribution in [-0.4, -0.2) is 23.2 Å². The summed E-state index contributed by atoms with van der Waals surface area (Å²) in [6.07, 6.45) is 6.63. The molecule has 0 aromatic carbocycles. The number of unbranched alkanes of at least 4 members (excludes halogenated alkanes) is 1. The fraction of sp³-hybridized carbons (Fsp3) is 0.889. The summed E-state index contributed by atoms with van der Waals surface area (Å²) in [6.45, 7) is 0. The molecule has 0 bridgehead atoms. The Kier molecular flexibility index (Phi) is 10.4. The zero-order chi connectivity index (χ0) is 10.8. The van der Waals surface area contributed by atoms with Crippen LogP contribution in [0, 0.1) is 0 Å². The second kappa shape index (κ2) is 10.1. The van der Waals surface area contributed by atoms with Gasteiger partial charge >= 0.3 is 0 Å². The van der Waals surface area contributed by atoms with E-state index >= 15 is 0 Å². The molecule has 0 aliphatic carbocycles. The van der Waals surface area contributed by atoms with Crippen molar-refractivity contribution in [2.75, 3.05) is 12.0 Å². The molecule has 0 fully saturated rings. The number of hydrogen-bond acceptors (Lipinski definition) is 4. The third kappa shape index (κ3) is 9.09. The van der Waals surface area contributed by atoms with Gasteiger partial charge in [0.1, 0.15) is 0 Å². The first-order chi connectivity index (χ1) is 6.70. The van der Waals surface area contributed by atoms with E-state index in [1.165, 1.54) is 11.9 Å². The minimum atomic E-state index is 0.127. The van der Waals surface area contributed by atoms with Gasteiger partial charge in [-0.1, -0.05) is 18.4 Å². The molecule has 0 saturated heterocycles. The topological polar surface area (TPSA) is 29.1 Å². The summed E-state index contributed by atoms with van der Waals surface area (Å²) in [5.41, 5.74) is 0. The maximum Gasteiger partial charge on any atom is 0.229 e. The molecule has 14 heavy (non-hydrogen) atoms. The van der Waals surface area contributed by atoms with Crippen LogP contribution in [0.4, 0.5) is 0 Å². The van der Waals surface area contributed by atoms with Gasteiger partial charge in [-0.25, -0.2) is 0 Å². The number of carbonyl (C=O) groups excluding carboxylic acids is 1. The minimum Gasteiger partial charge on any atom is -0.300 e. The Morgan fingerprint density at radius 3 is 2.71 bits per heavy atom. The van der Waals surface area contributed by atoms with Crippen LogP contribution in [0.5, 0.6) is 0 Å². The predicted molar refractivity (Wildman–Crippen MR) is 71.4 cm³/mol. The summed E-state index contributed by atoms with van der Waals surface area (Å²) in [6, 6.07) is 0. The second-order valence-electron chi connectivity index (χ2n) is 3.14. The van der Waals surface area contributed by atoms with Crippen LogP contribution in [0.2, 0.25) is 0 Å². The summed E-state index contributed by atoms with van der Waals surface area (Å²) >= 11 is 9.93. The van der Waals surface area contributed by atoms with Crippen molar-refractivity contribution in [2.24, 2.45) is 0 Å². The average Bonchev–Trinajstić information content (AvgIpc) is 2.13. The second-order valence-corrected chi connectivity index (χ2v) is 4.93. The fourth-order valence-corrected chi connectivity index (χ4v) is 2.28. The van der Waals surface area contributed by atoms with E-state index in [0.29, 0.717) is 11.7 Å². The molecule has 0 aromatic rings. The Morgan fingerprint density at radius 2 is 2.14 bits per heavy atom. The molecule has 84 valence electrons. The molecular formula is C9H19NOS3. The first-order valence-corrected chi connectivity index (χ1v) is 7.18. The quantitative estimate of drug-likeness (QED) is 0.352. The van der Waals surface area contributed by atoms with E-state index in [4.69, 9.17) is 0 Å². The van der Waals surface area contributed by atoms with E-state index < -0.39 is 0 Å². The van der Waals surface area contributed by atoms with E-state index in [9.17, 15) is 4.79 Å². The molecular weight excluding hydrogens is 234 g/mol. The van der Waals surface area contributed by atoms with Crippen molar-refractivity contribution >= 4 is 43.1 Å². The normalized spacial score (nSPS) is 12.5. The first kappa shape index (κ1) is 14.5. The maximum absolute atomic E-state index is 11.1. The van der Waals surface area contributed by atoms with Gasteiger partial charge in [0.25, 0.3) is 0 Å². The SMILES string of the molecule is CSNC(=O)CCCCC(S)CCS. The van der Waals surface area contributed by atoms with Crippen LogP contribution < -0.4 is 4.72 Å². The van der Waals surface area contributed by atoms with Crippen molar-refractivity contribution in [1.29, 1.82) is 0 Å². The number of rotatable bonds is 8. The Balaban J connectivity index is 3.24. The van der Waals surface area contributed by atoms with Gasteiger partial charge in [0.15, 0.2) is 0 Å². The molecule has 5 heteroatoms. The van der Waals surface area contributed by atoms with Crippen LogP contribution in [0.25, 0.3) is 0 Å². The molecule has 0 aromatic heterocycles. The van der Waals surface area contributed by atoms with Gasteiger partial charge in [-0.15, -0.1) is 0 Å². The fourth-order valence-electron chi connectivity index (χ4n) is 1.12. The molecule has 1 unspecified atom stereocenters. The van der Waals surface area contributed by atoms with Crippen LogP contribution in [-0.2, 0) is 4.79 Å².